The maximum atomic E-state index is 11.9. The molecule has 0 saturated heterocycles. The van der Waals surface area contributed by atoms with Gasteiger partial charge in [-0.05, 0) is 42.7 Å². The van der Waals surface area contributed by atoms with Crippen LogP contribution in [0.2, 0.25) is 10.0 Å². The zero-order chi connectivity index (χ0) is 12.4. The lowest BCUT2D eigenvalue weighted by molar-refractivity contribution is 0.102. The molecule has 0 aliphatic carbocycles. The van der Waals surface area contributed by atoms with E-state index < -0.39 is 0 Å². The number of halogens is 2. The number of hydrogen-bond acceptors (Lipinski definition) is 3. The first-order valence-electron chi connectivity index (χ1n) is 4.76. The van der Waals surface area contributed by atoms with Gasteiger partial charge in [0.05, 0.1) is 16.3 Å². The van der Waals surface area contributed by atoms with Crippen LogP contribution < -0.4 is 5.32 Å². The van der Waals surface area contributed by atoms with Crippen LogP contribution in [-0.4, -0.2) is 10.3 Å². The van der Waals surface area contributed by atoms with Crippen molar-refractivity contribution in [1.82, 2.24) is 4.37 Å². The maximum absolute atomic E-state index is 11.9. The number of carbonyl (C=O) groups is 1. The Kier molecular flexibility index (Phi) is 3.66. The van der Waals surface area contributed by atoms with Gasteiger partial charge in [0.2, 0.25) is 0 Å². The van der Waals surface area contributed by atoms with Gasteiger partial charge >= 0.3 is 0 Å². The number of anilines is 1. The largest absolute Gasteiger partial charge is 0.312 e. The number of aromatic nitrogens is 1. The molecule has 1 N–H and O–H groups in total. The molecule has 1 aromatic carbocycles. The van der Waals surface area contributed by atoms with E-state index in [-0.39, 0.29) is 5.91 Å². The molecular formula is C11H8Cl2N2OS. The maximum Gasteiger partial charge on any atom is 0.257 e. The molecule has 1 aromatic heterocycles. The number of hydrogen-bond donors (Lipinski definition) is 1. The van der Waals surface area contributed by atoms with Crippen molar-refractivity contribution < 1.29 is 4.79 Å². The summed E-state index contributed by atoms with van der Waals surface area (Å²) in [6, 6.07) is 6.55. The zero-order valence-corrected chi connectivity index (χ0v) is 11.2. The molecule has 88 valence electrons. The lowest BCUT2D eigenvalue weighted by Crippen LogP contribution is -2.11. The van der Waals surface area contributed by atoms with Crippen LogP contribution in [-0.2, 0) is 0 Å². The molecule has 0 radical (unpaired) electrons. The lowest BCUT2D eigenvalue weighted by atomic mass is 10.2. The van der Waals surface area contributed by atoms with Crippen LogP contribution in [0, 0.1) is 6.92 Å². The van der Waals surface area contributed by atoms with Gasteiger partial charge in [-0.2, -0.15) is 4.37 Å². The number of nitrogens with zero attached hydrogens (tertiary/aromatic N) is 1. The van der Waals surface area contributed by atoms with Gasteiger partial charge in [0, 0.05) is 5.02 Å². The number of nitrogens with one attached hydrogen (secondary N) is 1. The van der Waals surface area contributed by atoms with Gasteiger partial charge in [0.1, 0.15) is 5.00 Å². The second-order valence-corrected chi connectivity index (χ2v) is 5.06. The molecule has 17 heavy (non-hydrogen) atoms. The van der Waals surface area contributed by atoms with Crippen LogP contribution >= 0.6 is 34.7 Å². The van der Waals surface area contributed by atoms with Gasteiger partial charge in [0.25, 0.3) is 5.91 Å². The van der Waals surface area contributed by atoms with Gasteiger partial charge in [-0.1, -0.05) is 23.2 Å². The van der Waals surface area contributed by atoms with Crippen molar-refractivity contribution in [3.8, 4) is 0 Å². The van der Waals surface area contributed by atoms with E-state index in [0.29, 0.717) is 20.6 Å². The minimum Gasteiger partial charge on any atom is -0.312 e. The number of rotatable bonds is 2. The van der Waals surface area contributed by atoms with Crippen molar-refractivity contribution >= 4 is 45.6 Å². The molecule has 1 amide bonds. The topological polar surface area (TPSA) is 42.0 Å². The average Bonchev–Trinajstić information content (AvgIpc) is 2.63. The molecule has 0 unspecified atom stereocenters. The minimum atomic E-state index is -0.268. The van der Waals surface area contributed by atoms with Crippen LogP contribution in [0.15, 0.2) is 24.3 Å². The molecule has 0 atom stereocenters. The quantitative estimate of drug-likeness (QED) is 0.906. The summed E-state index contributed by atoms with van der Waals surface area (Å²) in [4.78, 5) is 11.9. The van der Waals surface area contributed by atoms with E-state index in [4.69, 9.17) is 23.2 Å². The van der Waals surface area contributed by atoms with E-state index in [2.05, 4.69) is 9.69 Å². The van der Waals surface area contributed by atoms with Crippen molar-refractivity contribution in [2.75, 3.05) is 5.32 Å². The second kappa shape index (κ2) is 5.04. The van der Waals surface area contributed by atoms with Crippen molar-refractivity contribution in [3.05, 3.63) is 45.6 Å². The first kappa shape index (κ1) is 12.4. The van der Waals surface area contributed by atoms with Crippen LogP contribution in [0.1, 0.15) is 16.1 Å². The smallest absolute Gasteiger partial charge is 0.257 e. The highest BCUT2D eigenvalue weighted by molar-refractivity contribution is 7.10. The Morgan fingerprint density at radius 2 is 2.12 bits per heavy atom. The third-order valence-corrected chi connectivity index (χ3v) is 3.38. The van der Waals surface area contributed by atoms with E-state index in [0.717, 1.165) is 5.69 Å². The lowest BCUT2D eigenvalue weighted by Gasteiger charge is -2.04. The Labute approximate surface area is 113 Å². The van der Waals surface area contributed by atoms with Crippen LogP contribution in [0.4, 0.5) is 5.00 Å². The second-order valence-electron chi connectivity index (χ2n) is 3.41. The number of aryl methyl sites for hydroxylation is 1. The molecule has 3 nitrogen and oxygen atoms in total. The van der Waals surface area contributed by atoms with Gasteiger partial charge in [-0.3, -0.25) is 4.79 Å². The predicted molar refractivity (Wildman–Crippen MR) is 71.3 cm³/mol. The monoisotopic (exact) mass is 286 g/mol. The summed E-state index contributed by atoms with van der Waals surface area (Å²) in [5, 5.41) is 4.25. The van der Waals surface area contributed by atoms with Crippen molar-refractivity contribution in [2.45, 2.75) is 6.92 Å². The number of amides is 1. The molecule has 6 heteroatoms. The number of benzene rings is 1. The molecule has 0 fully saturated rings. The highest BCUT2D eigenvalue weighted by Gasteiger charge is 2.11. The Hall–Kier alpha value is -1.10. The third-order valence-electron chi connectivity index (χ3n) is 2.04. The third kappa shape index (κ3) is 2.97. The van der Waals surface area contributed by atoms with Crippen LogP contribution in [0.3, 0.4) is 0 Å². The van der Waals surface area contributed by atoms with E-state index in [1.807, 2.05) is 6.92 Å². The Morgan fingerprint density at radius 1 is 1.35 bits per heavy atom. The summed E-state index contributed by atoms with van der Waals surface area (Å²) < 4.78 is 4.07. The molecule has 0 spiro atoms. The molecular weight excluding hydrogens is 279 g/mol. The highest BCUT2D eigenvalue weighted by atomic mass is 35.5. The van der Waals surface area contributed by atoms with Gasteiger partial charge in [-0.15, -0.1) is 0 Å². The summed E-state index contributed by atoms with van der Waals surface area (Å²) in [5.41, 5.74) is 1.26. The summed E-state index contributed by atoms with van der Waals surface area (Å²) in [6.07, 6.45) is 0. The molecule has 2 aromatic rings. The first-order valence-corrected chi connectivity index (χ1v) is 6.29. The Bertz CT molecular complexity index is 568. The van der Waals surface area contributed by atoms with E-state index in [9.17, 15) is 4.79 Å². The standard InChI is InChI=1S/C11H8Cl2N2OS/c1-6-4-10(17-15-6)14-11(16)8-3-2-7(12)5-9(8)13/h2-5H,1H3,(H,14,16). The SMILES string of the molecule is Cc1cc(NC(=O)c2ccc(Cl)cc2Cl)sn1. The Morgan fingerprint density at radius 3 is 2.71 bits per heavy atom. The molecule has 0 aliphatic heterocycles. The number of carbonyl (C=O) groups excluding carboxylic acids is 1. The summed E-state index contributed by atoms with van der Waals surface area (Å²) in [6.45, 7) is 1.86. The zero-order valence-electron chi connectivity index (χ0n) is 8.83. The fraction of sp³-hybridized carbons (Fsp3) is 0.0909. The van der Waals surface area contributed by atoms with E-state index in [1.54, 1.807) is 18.2 Å². The van der Waals surface area contributed by atoms with Gasteiger partial charge < -0.3 is 5.32 Å². The van der Waals surface area contributed by atoms with E-state index in [1.165, 1.54) is 17.6 Å². The van der Waals surface area contributed by atoms with Gasteiger partial charge in [0.15, 0.2) is 0 Å². The summed E-state index contributed by atoms with van der Waals surface area (Å²) >= 11 is 12.9. The highest BCUT2D eigenvalue weighted by Crippen LogP contribution is 2.23. The molecule has 0 aliphatic rings. The molecule has 0 saturated carbocycles. The normalized spacial score (nSPS) is 10.3. The fourth-order valence-corrected chi connectivity index (χ4v) is 2.43. The van der Waals surface area contributed by atoms with Crippen molar-refractivity contribution in [1.29, 1.82) is 0 Å². The van der Waals surface area contributed by atoms with Gasteiger partial charge in [-0.25, -0.2) is 0 Å². The fourth-order valence-electron chi connectivity index (χ4n) is 1.28. The van der Waals surface area contributed by atoms with Crippen molar-refractivity contribution in [3.63, 3.8) is 0 Å². The summed E-state index contributed by atoms with van der Waals surface area (Å²) in [7, 11) is 0. The van der Waals surface area contributed by atoms with Crippen molar-refractivity contribution in [2.24, 2.45) is 0 Å². The molecule has 0 bridgehead atoms. The average molecular weight is 287 g/mol. The van der Waals surface area contributed by atoms with E-state index >= 15 is 0 Å². The van der Waals surface area contributed by atoms with Crippen LogP contribution in [0.5, 0.6) is 0 Å². The summed E-state index contributed by atoms with van der Waals surface area (Å²) in [5.74, 6) is -0.268. The molecule has 1 heterocycles. The first-order chi connectivity index (χ1) is 8.06. The minimum absolute atomic E-state index is 0.268. The molecule has 2 rings (SSSR count). The predicted octanol–water partition coefficient (Wildman–Crippen LogP) is 4.01. The van der Waals surface area contributed by atoms with Crippen LogP contribution in [0.25, 0.3) is 0 Å². The Balaban J connectivity index is 2.20.